The molecule has 2 aromatic rings. The minimum absolute atomic E-state index is 0.114. The number of halogens is 1. The van der Waals surface area contributed by atoms with Gasteiger partial charge in [-0.15, -0.1) is 0 Å². The van der Waals surface area contributed by atoms with Crippen molar-refractivity contribution in [2.45, 2.75) is 55.2 Å². The Balaban J connectivity index is 1.28. The lowest BCUT2D eigenvalue weighted by molar-refractivity contribution is -0.124. The van der Waals surface area contributed by atoms with Crippen LogP contribution in [0.1, 0.15) is 30.4 Å². The van der Waals surface area contributed by atoms with Crippen molar-refractivity contribution in [1.82, 2.24) is 14.9 Å². The number of carbonyl (C=O) groups is 1. The molecule has 0 radical (unpaired) electrons. The quantitative estimate of drug-likeness (QED) is 0.731. The maximum absolute atomic E-state index is 14.9. The van der Waals surface area contributed by atoms with Gasteiger partial charge in [0.1, 0.15) is 22.8 Å². The van der Waals surface area contributed by atoms with Crippen LogP contribution in [0.4, 0.5) is 4.39 Å². The first kappa shape index (κ1) is 21.3. The summed E-state index contributed by atoms with van der Waals surface area (Å²) in [6.07, 6.45) is 3.27. The van der Waals surface area contributed by atoms with Gasteiger partial charge in [-0.25, -0.2) is 12.9 Å². The molecule has 2 fully saturated rings. The van der Waals surface area contributed by atoms with E-state index in [0.29, 0.717) is 24.1 Å². The molecule has 1 amide bonds. The SMILES string of the molecule is CN1Cc2cc(-c3ccc(C[C@@H](C#N)NC(=O)C4NC5CCC4C5)c(F)c3)ccc2S1=O. The highest BCUT2D eigenvalue weighted by atomic mass is 32.2. The van der Waals surface area contributed by atoms with E-state index < -0.39 is 22.8 Å². The molecule has 6 nitrogen and oxygen atoms in total. The largest absolute Gasteiger partial charge is 0.339 e. The fourth-order valence-corrected chi connectivity index (χ4v) is 6.30. The third kappa shape index (κ3) is 3.85. The lowest BCUT2D eigenvalue weighted by atomic mass is 9.97. The molecular formula is C24H25FN4O2S. The molecule has 3 aliphatic rings. The number of nitrogens with one attached hydrogen (secondary N) is 2. The fraction of sp³-hybridized carbons (Fsp3) is 0.417. The summed E-state index contributed by atoms with van der Waals surface area (Å²) in [5.41, 5.74) is 2.95. The number of hydrogen-bond donors (Lipinski definition) is 2. The second kappa shape index (κ2) is 8.39. The molecule has 2 aliphatic heterocycles. The first-order valence-electron chi connectivity index (χ1n) is 10.9. The van der Waals surface area contributed by atoms with Crippen LogP contribution in [0.25, 0.3) is 11.1 Å². The van der Waals surface area contributed by atoms with E-state index in [4.69, 9.17) is 0 Å². The van der Waals surface area contributed by atoms with Gasteiger partial charge >= 0.3 is 0 Å². The zero-order chi connectivity index (χ0) is 22.4. The van der Waals surface area contributed by atoms with Gasteiger partial charge in [0.2, 0.25) is 5.91 Å². The Kier molecular flexibility index (Phi) is 5.58. The fourth-order valence-electron chi connectivity index (χ4n) is 5.17. The Morgan fingerprint density at radius 1 is 1.31 bits per heavy atom. The number of piperidine rings is 1. The van der Waals surface area contributed by atoms with Crippen molar-refractivity contribution < 1.29 is 13.4 Å². The Bertz CT molecular complexity index is 1150. The number of nitriles is 1. The second-order valence-electron chi connectivity index (χ2n) is 8.97. The van der Waals surface area contributed by atoms with E-state index in [1.54, 1.807) is 10.4 Å². The molecule has 2 heterocycles. The lowest BCUT2D eigenvalue weighted by Crippen LogP contribution is -2.50. The lowest BCUT2D eigenvalue weighted by Gasteiger charge is -2.23. The van der Waals surface area contributed by atoms with Crippen LogP contribution < -0.4 is 10.6 Å². The molecule has 5 rings (SSSR count). The summed E-state index contributed by atoms with van der Waals surface area (Å²) in [4.78, 5) is 13.4. The molecular weight excluding hydrogens is 427 g/mol. The van der Waals surface area contributed by atoms with Crippen molar-refractivity contribution in [3.63, 3.8) is 0 Å². The summed E-state index contributed by atoms with van der Waals surface area (Å²) in [7, 11) is 0.667. The molecule has 1 aliphatic carbocycles. The average molecular weight is 453 g/mol. The van der Waals surface area contributed by atoms with Gasteiger partial charge in [-0.05, 0) is 65.6 Å². The Morgan fingerprint density at radius 3 is 2.78 bits per heavy atom. The van der Waals surface area contributed by atoms with E-state index in [2.05, 4.69) is 16.7 Å². The Hall–Kier alpha value is -2.60. The van der Waals surface area contributed by atoms with Gasteiger partial charge in [0.25, 0.3) is 0 Å². The van der Waals surface area contributed by atoms with Crippen molar-refractivity contribution in [3.8, 4) is 17.2 Å². The first-order valence-corrected chi connectivity index (χ1v) is 12.0. The predicted molar refractivity (Wildman–Crippen MR) is 119 cm³/mol. The predicted octanol–water partition coefficient (Wildman–Crippen LogP) is 2.65. The van der Waals surface area contributed by atoms with Crippen molar-refractivity contribution in [1.29, 1.82) is 5.26 Å². The zero-order valence-corrected chi connectivity index (χ0v) is 18.6. The van der Waals surface area contributed by atoms with Gasteiger partial charge in [0.15, 0.2) is 0 Å². The van der Waals surface area contributed by atoms with Crippen molar-refractivity contribution in [3.05, 3.63) is 53.3 Å². The number of hydrogen-bond acceptors (Lipinski definition) is 4. The molecule has 166 valence electrons. The van der Waals surface area contributed by atoms with Crippen LogP contribution in [-0.4, -0.2) is 39.6 Å². The van der Waals surface area contributed by atoms with Gasteiger partial charge < -0.3 is 10.6 Å². The molecule has 2 aromatic carbocycles. The van der Waals surface area contributed by atoms with Crippen LogP contribution in [0.15, 0.2) is 41.3 Å². The van der Waals surface area contributed by atoms with E-state index in [1.165, 1.54) is 6.07 Å². The minimum Gasteiger partial charge on any atom is -0.339 e. The van der Waals surface area contributed by atoms with Crippen LogP contribution in [0.2, 0.25) is 0 Å². The van der Waals surface area contributed by atoms with E-state index in [9.17, 15) is 18.7 Å². The van der Waals surface area contributed by atoms with Gasteiger partial charge in [0.05, 0.1) is 17.0 Å². The molecule has 32 heavy (non-hydrogen) atoms. The van der Waals surface area contributed by atoms with E-state index in [0.717, 1.165) is 40.8 Å². The molecule has 0 aromatic heterocycles. The van der Waals surface area contributed by atoms with Gasteiger partial charge in [-0.3, -0.25) is 4.79 Å². The van der Waals surface area contributed by atoms with E-state index in [1.807, 2.05) is 31.3 Å². The molecule has 5 atom stereocenters. The maximum Gasteiger partial charge on any atom is 0.238 e. The van der Waals surface area contributed by atoms with Crippen molar-refractivity contribution in [2.75, 3.05) is 7.05 Å². The molecule has 4 unspecified atom stereocenters. The normalized spacial score (nSPS) is 27.2. The minimum atomic E-state index is -1.14. The van der Waals surface area contributed by atoms with Gasteiger partial charge in [-0.2, -0.15) is 5.26 Å². The standard InChI is InChI=1S/C24H25FN4O2S/c1-29-13-18-8-14(5-7-22(18)32(29)31)15-2-3-16(21(25)11-15)9-20(12-26)28-24(30)23-17-4-6-19(10-17)27-23/h2-3,5,7-8,11,17,19-20,23,27H,4,6,9-10,13H2,1H3,(H,28,30)/t17?,19?,20-,23?,32?/m0/s1. The second-order valence-corrected chi connectivity index (χ2v) is 10.5. The Morgan fingerprint density at radius 2 is 2.09 bits per heavy atom. The highest BCUT2D eigenvalue weighted by Gasteiger charge is 2.43. The summed E-state index contributed by atoms with van der Waals surface area (Å²) in [5, 5.41) is 15.6. The maximum atomic E-state index is 14.9. The average Bonchev–Trinajstić information content (AvgIpc) is 3.49. The summed E-state index contributed by atoms with van der Waals surface area (Å²) in [6, 6.07) is 12.1. The van der Waals surface area contributed by atoms with Gasteiger partial charge in [0, 0.05) is 26.1 Å². The monoisotopic (exact) mass is 452 g/mol. The molecule has 8 heteroatoms. The Labute approximate surface area is 189 Å². The number of nitrogens with zero attached hydrogens (tertiary/aromatic N) is 2. The number of amides is 1. The molecule has 1 saturated heterocycles. The van der Waals surface area contributed by atoms with Gasteiger partial charge in [-0.1, -0.05) is 18.2 Å². The highest BCUT2D eigenvalue weighted by Crippen LogP contribution is 2.35. The molecule has 0 spiro atoms. The third-order valence-electron chi connectivity index (χ3n) is 6.85. The zero-order valence-electron chi connectivity index (χ0n) is 17.8. The topological polar surface area (TPSA) is 85.2 Å². The van der Waals surface area contributed by atoms with Crippen LogP contribution in [0.3, 0.4) is 0 Å². The smallest absolute Gasteiger partial charge is 0.238 e. The summed E-state index contributed by atoms with van der Waals surface area (Å²) >= 11 is 0. The van der Waals surface area contributed by atoms with Crippen LogP contribution in [0.5, 0.6) is 0 Å². The van der Waals surface area contributed by atoms with E-state index in [-0.39, 0.29) is 18.4 Å². The molecule has 1 saturated carbocycles. The summed E-state index contributed by atoms with van der Waals surface area (Å²) < 4.78 is 28.9. The highest BCUT2D eigenvalue weighted by molar-refractivity contribution is 7.83. The van der Waals surface area contributed by atoms with E-state index >= 15 is 0 Å². The number of fused-ring (bicyclic) bond motifs is 3. The van der Waals surface area contributed by atoms with Crippen molar-refractivity contribution in [2.24, 2.45) is 5.92 Å². The summed E-state index contributed by atoms with van der Waals surface area (Å²) in [6.45, 7) is 0.595. The number of carbonyl (C=O) groups excluding carboxylic acids is 1. The molecule has 2 bridgehead atoms. The van der Waals surface area contributed by atoms with Crippen LogP contribution in [0, 0.1) is 23.1 Å². The summed E-state index contributed by atoms with van der Waals surface area (Å²) in [5.74, 6) is -0.239. The van der Waals surface area contributed by atoms with Crippen LogP contribution >= 0.6 is 0 Å². The van der Waals surface area contributed by atoms with Crippen LogP contribution in [-0.2, 0) is 28.7 Å². The third-order valence-corrected chi connectivity index (χ3v) is 8.32. The molecule has 2 N–H and O–H groups in total. The first-order chi connectivity index (χ1) is 15.4. The number of benzene rings is 2. The van der Waals surface area contributed by atoms with Crippen molar-refractivity contribution >= 4 is 16.9 Å². The number of rotatable bonds is 5.